The lowest BCUT2D eigenvalue weighted by molar-refractivity contribution is -0.131. The number of nitrogens with one attached hydrogen (secondary N) is 1. The lowest BCUT2D eigenvalue weighted by Crippen LogP contribution is -2.38. The number of furan rings is 1. The second kappa shape index (κ2) is 7.25. The third kappa shape index (κ3) is 3.25. The van der Waals surface area contributed by atoms with Gasteiger partial charge in [-0.3, -0.25) is 14.2 Å². The number of para-hydroxylation sites is 1. The largest absolute Gasteiger partial charge is 0.448 e. The van der Waals surface area contributed by atoms with E-state index in [4.69, 9.17) is 4.42 Å². The number of amides is 1. The van der Waals surface area contributed by atoms with Gasteiger partial charge in [-0.25, -0.2) is 4.98 Å². The Bertz CT molecular complexity index is 957. The van der Waals surface area contributed by atoms with E-state index in [-0.39, 0.29) is 36.0 Å². The Morgan fingerprint density at radius 2 is 2.08 bits per heavy atom. The molecular formula is C17H19ClN4O3. The van der Waals surface area contributed by atoms with Crippen LogP contribution in [0.2, 0.25) is 0 Å². The van der Waals surface area contributed by atoms with E-state index in [1.54, 1.807) is 11.0 Å². The van der Waals surface area contributed by atoms with Crippen molar-refractivity contribution in [1.82, 2.24) is 19.8 Å². The number of carbonyl (C=O) groups excluding carboxylic acids is 1. The normalized spacial score (nSPS) is 15.1. The maximum Gasteiger partial charge on any atom is 0.297 e. The molecule has 1 N–H and O–H groups in total. The van der Waals surface area contributed by atoms with Crippen molar-refractivity contribution in [2.75, 3.05) is 26.2 Å². The zero-order valence-electron chi connectivity index (χ0n) is 13.6. The first-order chi connectivity index (χ1) is 11.7. The number of aromatic nitrogens is 2. The quantitative estimate of drug-likeness (QED) is 0.745. The van der Waals surface area contributed by atoms with Crippen LogP contribution < -0.4 is 10.9 Å². The molecule has 0 saturated carbocycles. The highest BCUT2D eigenvalue weighted by Gasteiger charge is 2.18. The fraction of sp³-hybridized carbons (Fsp3) is 0.353. The molecule has 1 saturated heterocycles. The summed E-state index contributed by atoms with van der Waals surface area (Å²) in [5, 5.41) is 4.06. The van der Waals surface area contributed by atoms with Crippen LogP contribution in [0.5, 0.6) is 0 Å². The highest BCUT2D eigenvalue weighted by molar-refractivity contribution is 6.01. The van der Waals surface area contributed by atoms with Gasteiger partial charge in [-0.05, 0) is 25.1 Å². The second-order valence-electron chi connectivity index (χ2n) is 5.94. The van der Waals surface area contributed by atoms with Gasteiger partial charge < -0.3 is 14.6 Å². The van der Waals surface area contributed by atoms with E-state index in [9.17, 15) is 9.59 Å². The van der Waals surface area contributed by atoms with Crippen LogP contribution in [0.4, 0.5) is 0 Å². The van der Waals surface area contributed by atoms with Gasteiger partial charge in [0.1, 0.15) is 17.6 Å². The molecule has 2 aromatic heterocycles. The number of hydrogen-bond donors (Lipinski definition) is 1. The summed E-state index contributed by atoms with van der Waals surface area (Å²) in [4.78, 5) is 31.2. The lowest BCUT2D eigenvalue weighted by Gasteiger charge is -2.20. The molecule has 0 bridgehead atoms. The third-order valence-corrected chi connectivity index (χ3v) is 4.35. The maximum atomic E-state index is 12.6. The number of rotatable bonds is 2. The minimum atomic E-state index is -0.322. The average molecular weight is 363 g/mol. The van der Waals surface area contributed by atoms with E-state index in [0.717, 1.165) is 24.9 Å². The molecule has 1 aliphatic heterocycles. The van der Waals surface area contributed by atoms with Gasteiger partial charge in [-0.2, -0.15) is 0 Å². The van der Waals surface area contributed by atoms with Crippen molar-refractivity contribution >= 4 is 40.4 Å². The molecule has 0 spiro atoms. The molecule has 0 aliphatic carbocycles. The van der Waals surface area contributed by atoms with Crippen LogP contribution in [0, 0.1) is 0 Å². The number of halogens is 1. The molecule has 3 aromatic rings. The van der Waals surface area contributed by atoms with Crippen molar-refractivity contribution in [2.45, 2.75) is 13.0 Å². The van der Waals surface area contributed by atoms with E-state index >= 15 is 0 Å². The summed E-state index contributed by atoms with van der Waals surface area (Å²) in [5.74, 6) is -0.0712. The van der Waals surface area contributed by atoms with Gasteiger partial charge in [-0.1, -0.05) is 12.1 Å². The predicted molar refractivity (Wildman–Crippen MR) is 97.1 cm³/mol. The highest BCUT2D eigenvalue weighted by atomic mass is 35.5. The number of benzene rings is 1. The third-order valence-electron chi connectivity index (χ3n) is 4.35. The number of hydrogen-bond acceptors (Lipinski definition) is 5. The predicted octanol–water partition coefficient (Wildman–Crippen LogP) is 1.39. The van der Waals surface area contributed by atoms with E-state index in [0.29, 0.717) is 24.2 Å². The Hall–Kier alpha value is -2.38. The zero-order chi connectivity index (χ0) is 16.5. The summed E-state index contributed by atoms with van der Waals surface area (Å²) in [6, 6.07) is 7.39. The molecule has 0 radical (unpaired) electrons. The summed E-state index contributed by atoms with van der Waals surface area (Å²) in [6.07, 6.45) is 2.35. The van der Waals surface area contributed by atoms with Gasteiger partial charge in [0.2, 0.25) is 11.5 Å². The molecular weight excluding hydrogens is 344 g/mol. The van der Waals surface area contributed by atoms with Crippen molar-refractivity contribution in [3.63, 3.8) is 0 Å². The molecule has 1 aromatic carbocycles. The Balaban J connectivity index is 0.00000182. The monoisotopic (exact) mass is 362 g/mol. The van der Waals surface area contributed by atoms with Crippen LogP contribution in [0.15, 0.2) is 39.8 Å². The molecule has 132 valence electrons. The number of nitrogens with zero attached hydrogens (tertiary/aromatic N) is 3. The fourth-order valence-electron chi connectivity index (χ4n) is 3.07. The zero-order valence-corrected chi connectivity index (χ0v) is 14.4. The molecule has 25 heavy (non-hydrogen) atoms. The number of fused-ring (bicyclic) bond motifs is 3. The Morgan fingerprint density at radius 1 is 1.24 bits per heavy atom. The average Bonchev–Trinajstić information content (AvgIpc) is 2.78. The lowest BCUT2D eigenvalue weighted by atomic mass is 10.2. The molecule has 0 atom stereocenters. The number of carbonyl (C=O) groups is 1. The maximum absolute atomic E-state index is 12.6. The van der Waals surface area contributed by atoms with Crippen LogP contribution in [0.3, 0.4) is 0 Å². The first kappa shape index (κ1) is 17.4. The van der Waals surface area contributed by atoms with Crippen molar-refractivity contribution in [1.29, 1.82) is 0 Å². The first-order valence-corrected chi connectivity index (χ1v) is 8.09. The van der Waals surface area contributed by atoms with Gasteiger partial charge in [0.15, 0.2) is 0 Å². The standard InChI is InChI=1S/C17H18N4O3.ClH/c22-14(20-8-3-6-18-7-9-20)10-21-11-19-15-12-4-1-2-5-13(12)24-16(15)17(21)23;/h1-2,4-5,11,18H,3,6-10H2;1H. The highest BCUT2D eigenvalue weighted by Crippen LogP contribution is 2.23. The Kier molecular flexibility index (Phi) is 5.06. The first-order valence-electron chi connectivity index (χ1n) is 8.09. The molecule has 0 unspecified atom stereocenters. The van der Waals surface area contributed by atoms with Gasteiger partial charge in [0, 0.05) is 25.0 Å². The fourth-order valence-corrected chi connectivity index (χ4v) is 3.07. The minimum Gasteiger partial charge on any atom is -0.448 e. The molecule has 1 amide bonds. The van der Waals surface area contributed by atoms with Gasteiger partial charge >= 0.3 is 0 Å². The topological polar surface area (TPSA) is 80.4 Å². The summed E-state index contributed by atoms with van der Waals surface area (Å²) >= 11 is 0. The van der Waals surface area contributed by atoms with E-state index in [1.807, 2.05) is 18.2 Å². The van der Waals surface area contributed by atoms with Gasteiger partial charge in [0.05, 0.1) is 6.33 Å². The molecule has 1 fully saturated rings. The summed E-state index contributed by atoms with van der Waals surface area (Å²) in [5.41, 5.74) is 1.04. The van der Waals surface area contributed by atoms with E-state index < -0.39 is 0 Å². The SMILES string of the molecule is Cl.O=C(Cn1cnc2c(oc3ccccc32)c1=O)N1CCCNCC1. The smallest absolute Gasteiger partial charge is 0.297 e. The molecule has 4 rings (SSSR count). The molecule has 8 heteroatoms. The van der Waals surface area contributed by atoms with Crippen LogP contribution >= 0.6 is 12.4 Å². The molecule has 3 heterocycles. The van der Waals surface area contributed by atoms with Crippen LogP contribution in [-0.2, 0) is 11.3 Å². The van der Waals surface area contributed by atoms with Crippen molar-refractivity contribution < 1.29 is 9.21 Å². The van der Waals surface area contributed by atoms with Crippen LogP contribution in [0.25, 0.3) is 22.1 Å². The second-order valence-corrected chi connectivity index (χ2v) is 5.94. The summed E-state index contributed by atoms with van der Waals surface area (Å²) < 4.78 is 6.96. The van der Waals surface area contributed by atoms with E-state index in [1.165, 1.54) is 10.9 Å². The van der Waals surface area contributed by atoms with Crippen LogP contribution in [-0.4, -0.2) is 46.5 Å². The summed E-state index contributed by atoms with van der Waals surface area (Å²) in [7, 11) is 0. The van der Waals surface area contributed by atoms with Crippen molar-refractivity contribution in [2.24, 2.45) is 0 Å². The molecule has 7 nitrogen and oxygen atoms in total. The van der Waals surface area contributed by atoms with Crippen molar-refractivity contribution in [3.05, 3.63) is 40.9 Å². The minimum absolute atomic E-state index is 0. The van der Waals surface area contributed by atoms with Gasteiger partial charge in [-0.15, -0.1) is 12.4 Å². The molecule has 1 aliphatic rings. The summed E-state index contributed by atoms with van der Waals surface area (Å²) in [6.45, 7) is 3.05. The van der Waals surface area contributed by atoms with Crippen molar-refractivity contribution in [3.8, 4) is 0 Å². The van der Waals surface area contributed by atoms with Gasteiger partial charge in [0.25, 0.3) is 5.56 Å². The Morgan fingerprint density at radius 3 is 2.96 bits per heavy atom. The Labute approximate surface area is 150 Å². The van der Waals surface area contributed by atoms with Crippen LogP contribution in [0.1, 0.15) is 6.42 Å². The van der Waals surface area contributed by atoms with E-state index in [2.05, 4.69) is 10.3 Å².